The van der Waals surface area contributed by atoms with E-state index in [0.717, 1.165) is 25.9 Å². The first-order valence-electron chi connectivity index (χ1n) is 9.15. The molecule has 0 radical (unpaired) electrons. The third-order valence-electron chi connectivity index (χ3n) is 5.64. The topological polar surface area (TPSA) is 94.1 Å². The molecule has 0 spiro atoms. The number of carbonyl (C=O) groups excluding carboxylic acids is 1. The third-order valence-corrected chi connectivity index (χ3v) is 5.64. The highest BCUT2D eigenvalue weighted by Crippen LogP contribution is 2.51. The lowest BCUT2D eigenvalue weighted by Crippen LogP contribution is -2.76. The first-order chi connectivity index (χ1) is 11.7. The molecule has 1 saturated heterocycles. The van der Waals surface area contributed by atoms with Gasteiger partial charge in [0.15, 0.2) is 0 Å². The molecule has 7 nitrogen and oxygen atoms in total. The lowest BCUT2D eigenvalue weighted by molar-refractivity contribution is -0.196. The van der Waals surface area contributed by atoms with Crippen LogP contribution in [0.1, 0.15) is 53.4 Å². The van der Waals surface area contributed by atoms with E-state index in [2.05, 4.69) is 5.32 Å². The molecular weight excluding hydrogens is 326 g/mol. The first kappa shape index (κ1) is 20.1. The van der Waals surface area contributed by atoms with Crippen LogP contribution >= 0.6 is 0 Å². The molecule has 7 heteroatoms. The molecule has 144 valence electrons. The van der Waals surface area contributed by atoms with E-state index < -0.39 is 28.9 Å². The summed E-state index contributed by atoms with van der Waals surface area (Å²) in [5.41, 5.74) is -2.03. The van der Waals surface area contributed by atoms with Gasteiger partial charge in [0.05, 0.1) is 18.8 Å². The molecule has 1 aliphatic heterocycles. The summed E-state index contributed by atoms with van der Waals surface area (Å²) in [5.74, 6) is -1.45. The van der Waals surface area contributed by atoms with E-state index in [1.54, 1.807) is 6.92 Å². The molecule has 1 saturated carbocycles. The van der Waals surface area contributed by atoms with Gasteiger partial charge in [-0.3, -0.25) is 4.79 Å². The second-order valence-electron chi connectivity index (χ2n) is 7.53. The molecule has 1 heterocycles. The van der Waals surface area contributed by atoms with Gasteiger partial charge in [-0.15, -0.1) is 0 Å². The number of nitrogens with one attached hydrogen (secondary N) is 1. The Morgan fingerprint density at radius 3 is 2.60 bits per heavy atom. The van der Waals surface area contributed by atoms with Crippen LogP contribution in [-0.2, 0) is 23.8 Å². The molecule has 0 aromatic heterocycles. The van der Waals surface area contributed by atoms with Gasteiger partial charge in [0.25, 0.3) is 0 Å². The smallest absolute Gasteiger partial charge is 0.330 e. The van der Waals surface area contributed by atoms with Gasteiger partial charge in [-0.1, -0.05) is 13.8 Å². The zero-order valence-electron chi connectivity index (χ0n) is 15.7. The fourth-order valence-electron chi connectivity index (χ4n) is 3.62. The molecule has 0 aromatic rings. The van der Waals surface area contributed by atoms with Crippen molar-refractivity contribution in [3.8, 4) is 0 Å². The number of carboxylic acids is 1. The molecule has 4 atom stereocenters. The second kappa shape index (κ2) is 8.01. The molecule has 4 unspecified atom stereocenters. The van der Waals surface area contributed by atoms with E-state index in [4.69, 9.17) is 14.2 Å². The predicted molar refractivity (Wildman–Crippen MR) is 91.3 cm³/mol. The van der Waals surface area contributed by atoms with Crippen molar-refractivity contribution in [2.75, 3.05) is 19.8 Å². The Hall–Kier alpha value is -1.18. The van der Waals surface area contributed by atoms with Crippen LogP contribution in [-0.4, -0.2) is 60.7 Å². The quantitative estimate of drug-likeness (QED) is 0.687. The van der Waals surface area contributed by atoms with E-state index in [1.807, 2.05) is 20.8 Å². The van der Waals surface area contributed by atoms with Crippen molar-refractivity contribution in [3.05, 3.63) is 0 Å². The normalized spacial score (nSPS) is 32.5. The number of carboxylic acid groups (broad SMARTS) is 1. The van der Waals surface area contributed by atoms with Crippen molar-refractivity contribution in [2.24, 2.45) is 5.41 Å². The monoisotopic (exact) mass is 357 g/mol. The third kappa shape index (κ3) is 3.99. The molecule has 2 fully saturated rings. The minimum Gasteiger partial charge on any atom is -0.479 e. The zero-order valence-corrected chi connectivity index (χ0v) is 15.7. The van der Waals surface area contributed by atoms with Gasteiger partial charge in [0.2, 0.25) is 5.91 Å². The van der Waals surface area contributed by atoms with Gasteiger partial charge in [-0.2, -0.15) is 0 Å². The summed E-state index contributed by atoms with van der Waals surface area (Å²) in [6, 6.07) is 0. The summed E-state index contributed by atoms with van der Waals surface area (Å²) in [6.07, 6.45) is 2.43. The van der Waals surface area contributed by atoms with Crippen LogP contribution in [0.15, 0.2) is 0 Å². The SMILES string of the molecule is CCOC1CC(NC(=O)C(C)OCC2CCCCO2)(C(=O)O)C1(C)C. The molecule has 1 aliphatic carbocycles. The summed E-state index contributed by atoms with van der Waals surface area (Å²) in [7, 11) is 0. The standard InChI is InChI=1S/C18H31NO6/c1-5-23-14-10-18(16(21)22,17(14,3)4)19-15(20)12(2)25-11-13-8-6-7-9-24-13/h12-14H,5-11H2,1-4H3,(H,19,20)(H,21,22). The Morgan fingerprint density at radius 1 is 1.36 bits per heavy atom. The maximum atomic E-state index is 12.5. The van der Waals surface area contributed by atoms with E-state index in [-0.39, 0.29) is 18.6 Å². The first-order valence-corrected chi connectivity index (χ1v) is 9.15. The molecule has 2 rings (SSSR count). The average molecular weight is 357 g/mol. The summed E-state index contributed by atoms with van der Waals surface area (Å²) >= 11 is 0. The fourth-order valence-corrected chi connectivity index (χ4v) is 3.62. The van der Waals surface area contributed by atoms with E-state index in [1.165, 1.54) is 0 Å². The Bertz CT molecular complexity index is 488. The average Bonchev–Trinajstić information content (AvgIpc) is 2.58. The molecule has 0 bridgehead atoms. The van der Waals surface area contributed by atoms with Gasteiger partial charge in [0, 0.05) is 25.0 Å². The molecule has 2 aliphatic rings. The van der Waals surface area contributed by atoms with Crippen molar-refractivity contribution in [2.45, 2.75) is 77.2 Å². The highest BCUT2D eigenvalue weighted by molar-refractivity contribution is 5.91. The number of hydrogen-bond acceptors (Lipinski definition) is 5. The molecule has 2 N–H and O–H groups in total. The summed E-state index contributed by atoms with van der Waals surface area (Å²) < 4.78 is 16.8. The fraction of sp³-hybridized carbons (Fsp3) is 0.889. The summed E-state index contributed by atoms with van der Waals surface area (Å²) in [4.78, 5) is 24.4. The van der Waals surface area contributed by atoms with Crippen LogP contribution in [0, 0.1) is 5.41 Å². The Labute approximate surface area is 149 Å². The minimum absolute atomic E-state index is 0.0138. The lowest BCUT2D eigenvalue weighted by atomic mass is 9.54. The number of amides is 1. The second-order valence-corrected chi connectivity index (χ2v) is 7.53. The maximum Gasteiger partial charge on any atom is 0.330 e. The summed E-state index contributed by atoms with van der Waals surface area (Å²) in [6.45, 7) is 8.72. The predicted octanol–water partition coefficient (Wildman–Crippen LogP) is 1.74. The maximum absolute atomic E-state index is 12.5. The van der Waals surface area contributed by atoms with Crippen molar-refractivity contribution in [3.63, 3.8) is 0 Å². The van der Waals surface area contributed by atoms with Crippen molar-refractivity contribution in [1.29, 1.82) is 0 Å². The van der Waals surface area contributed by atoms with Gasteiger partial charge in [-0.25, -0.2) is 4.79 Å². The number of hydrogen-bond donors (Lipinski definition) is 2. The van der Waals surface area contributed by atoms with E-state index in [0.29, 0.717) is 13.2 Å². The lowest BCUT2D eigenvalue weighted by Gasteiger charge is -2.58. The van der Waals surface area contributed by atoms with Crippen LogP contribution in [0.2, 0.25) is 0 Å². The number of rotatable bonds is 8. The van der Waals surface area contributed by atoms with Crippen LogP contribution < -0.4 is 5.32 Å². The number of aliphatic carboxylic acids is 1. The largest absolute Gasteiger partial charge is 0.479 e. The zero-order chi connectivity index (χ0) is 18.7. The van der Waals surface area contributed by atoms with Gasteiger partial charge >= 0.3 is 5.97 Å². The van der Waals surface area contributed by atoms with E-state index in [9.17, 15) is 14.7 Å². The van der Waals surface area contributed by atoms with Crippen LogP contribution in [0.5, 0.6) is 0 Å². The van der Waals surface area contributed by atoms with Gasteiger partial charge in [-0.05, 0) is 33.1 Å². The highest BCUT2D eigenvalue weighted by Gasteiger charge is 2.66. The molecular formula is C18H31NO6. The van der Waals surface area contributed by atoms with Crippen molar-refractivity contribution < 1.29 is 28.9 Å². The van der Waals surface area contributed by atoms with Crippen LogP contribution in [0.25, 0.3) is 0 Å². The highest BCUT2D eigenvalue weighted by atomic mass is 16.5. The van der Waals surface area contributed by atoms with Crippen molar-refractivity contribution in [1.82, 2.24) is 5.32 Å². The van der Waals surface area contributed by atoms with Crippen LogP contribution in [0.3, 0.4) is 0 Å². The molecule has 1 amide bonds. The Kier molecular flexibility index (Phi) is 6.45. The van der Waals surface area contributed by atoms with Gasteiger partial charge < -0.3 is 24.6 Å². The number of ether oxygens (including phenoxy) is 3. The number of carbonyl (C=O) groups is 2. The summed E-state index contributed by atoms with van der Waals surface area (Å²) in [5, 5.41) is 12.4. The minimum atomic E-state index is -1.33. The Balaban J connectivity index is 1.93. The van der Waals surface area contributed by atoms with E-state index >= 15 is 0 Å². The van der Waals surface area contributed by atoms with Gasteiger partial charge in [0.1, 0.15) is 11.6 Å². The van der Waals surface area contributed by atoms with Crippen molar-refractivity contribution >= 4 is 11.9 Å². The van der Waals surface area contributed by atoms with Crippen LogP contribution in [0.4, 0.5) is 0 Å². The Morgan fingerprint density at radius 2 is 2.08 bits per heavy atom. The molecule has 0 aromatic carbocycles. The molecule has 25 heavy (non-hydrogen) atoms.